The minimum Gasteiger partial charge on any atom is -0.330 e. The second-order valence-corrected chi connectivity index (χ2v) is 4.04. The van der Waals surface area contributed by atoms with Gasteiger partial charge >= 0.3 is 0 Å². The third-order valence-electron chi connectivity index (χ3n) is 2.32. The molecule has 0 unspecified atom stereocenters. The summed E-state index contributed by atoms with van der Waals surface area (Å²) in [6.07, 6.45) is 0.967. The molecule has 1 aromatic rings. The van der Waals surface area contributed by atoms with Crippen molar-refractivity contribution in [3.8, 4) is 0 Å². The lowest BCUT2D eigenvalue weighted by Crippen LogP contribution is -2.22. The molecule has 0 aliphatic rings. The third kappa shape index (κ3) is 2.98. The molecule has 0 aliphatic carbocycles. The van der Waals surface area contributed by atoms with Gasteiger partial charge in [0.15, 0.2) is 0 Å². The van der Waals surface area contributed by atoms with Gasteiger partial charge in [-0.2, -0.15) is 0 Å². The molecule has 2 nitrogen and oxygen atoms in total. The predicted octanol–water partition coefficient (Wildman–Crippen LogP) is 2.29. The van der Waals surface area contributed by atoms with Crippen LogP contribution in [-0.2, 0) is 0 Å². The molecule has 0 aromatic heterocycles. The second-order valence-electron chi connectivity index (χ2n) is 3.61. The molecule has 1 rings (SSSR count). The van der Waals surface area contributed by atoms with Gasteiger partial charge in [0, 0.05) is 11.1 Å². The van der Waals surface area contributed by atoms with Crippen LogP contribution in [0.2, 0.25) is 5.02 Å². The molecule has 0 spiro atoms. The zero-order valence-corrected chi connectivity index (χ0v) is 9.46. The highest BCUT2D eigenvalue weighted by molar-refractivity contribution is 6.30. The van der Waals surface area contributed by atoms with Gasteiger partial charge in [0.05, 0.1) is 0 Å². The van der Waals surface area contributed by atoms with Crippen LogP contribution in [0.1, 0.15) is 18.0 Å². The molecule has 0 amide bonds. The van der Waals surface area contributed by atoms with Gasteiger partial charge in [0.25, 0.3) is 0 Å². The fourth-order valence-electron chi connectivity index (χ4n) is 1.57. The molecular weight excluding hydrogens is 196 g/mol. The van der Waals surface area contributed by atoms with Crippen molar-refractivity contribution < 1.29 is 0 Å². The summed E-state index contributed by atoms with van der Waals surface area (Å²) >= 11 is 5.83. The molecule has 0 heterocycles. The number of nitrogens with two attached hydrogens (primary N) is 1. The largest absolute Gasteiger partial charge is 0.330 e. The van der Waals surface area contributed by atoms with E-state index in [2.05, 4.69) is 31.1 Å². The minimum atomic E-state index is 0.386. The van der Waals surface area contributed by atoms with Gasteiger partial charge in [-0.25, -0.2) is 0 Å². The Balaban J connectivity index is 2.82. The lowest BCUT2D eigenvalue weighted by Gasteiger charge is -2.24. The molecule has 0 radical (unpaired) electrons. The van der Waals surface area contributed by atoms with E-state index < -0.39 is 0 Å². The smallest absolute Gasteiger partial charge is 0.0406 e. The molecule has 1 atom stereocenters. The fourth-order valence-corrected chi connectivity index (χ4v) is 1.69. The molecule has 1 aromatic carbocycles. The van der Waals surface area contributed by atoms with Crippen LogP contribution in [0, 0.1) is 0 Å². The molecule has 0 bridgehead atoms. The van der Waals surface area contributed by atoms with Gasteiger partial charge in [-0.15, -0.1) is 0 Å². The van der Waals surface area contributed by atoms with Crippen LogP contribution < -0.4 is 5.73 Å². The van der Waals surface area contributed by atoms with Crippen molar-refractivity contribution in [3.63, 3.8) is 0 Å². The molecule has 3 heteroatoms. The molecular formula is C11H17ClN2. The lowest BCUT2D eigenvalue weighted by molar-refractivity contribution is 0.287. The summed E-state index contributed by atoms with van der Waals surface area (Å²) in [5, 5.41) is 0.777. The van der Waals surface area contributed by atoms with Crippen LogP contribution in [0.15, 0.2) is 24.3 Å². The summed E-state index contributed by atoms with van der Waals surface area (Å²) in [5.74, 6) is 0. The van der Waals surface area contributed by atoms with Crippen LogP contribution in [-0.4, -0.2) is 25.5 Å². The summed E-state index contributed by atoms with van der Waals surface area (Å²) in [6, 6.07) is 8.34. The average molecular weight is 213 g/mol. The van der Waals surface area contributed by atoms with E-state index >= 15 is 0 Å². The van der Waals surface area contributed by atoms with E-state index in [1.54, 1.807) is 0 Å². The Hall–Kier alpha value is -0.570. The quantitative estimate of drug-likeness (QED) is 0.830. The van der Waals surface area contributed by atoms with E-state index in [4.69, 9.17) is 17.3 Å². The van der Waals surface area contributed by atoms with E-state index in [9.17, 15) is 0 Å². The Bertz CT molecular complexity index is 269. The molecule has 0 saturated heterocycles. The monoisotopic (exact) mass is 212 g/mol. The summed E-state index contributed by atoms with van der Waals surface area (Å²) in [7, 11) is 4.13. The highest BCUT2D eigenvalue weighted by atomic mass is 35.5. The minimum absolute atomic E-state index is 0.386. The SMILES string of the molecule is CN(C)[C@@H](CCN)c1ccc(Cl)cc1. The topological polar surface area (TPSA) is 29.3 Å². The molecule has 0 saturated carbocycles. The van der Waals surface area contributed by atoms with Crippen molar-refractivity contribution in [2.45, 2.75) is 12.5 Å². The van der Waals surface area contributed by atoms with Gasteiger partial charge in [-0.05, 0) is 44.8 Å². The number of hydrogen-bond donors (Lipinski definition) is 1. The van der Waals surface area contributed by atoms with Crippen LogP contribution in [0.5, 0.6) is 0 Å². The Labute approximate surface area is 90.7 Å². The van der Waals surface area contributed by atoms with Crippen molar-refractivity contribution in [3.05, 3.63) is 34.9 Å². The van der Waals surface area contributed by atoms with Crippen molar-refractivity contribution >= 4 is 11.6 Å². The first-order valence-corrected chi connectivity index (χ1v) is 5.15. The zero-order chi connectivity index (χ0) is 10.6. The standard InChI is InChI=1S/C11H17ClN2/c1-14(2)11(7-8-13)9-3-5-10(12)6-4-9/h3-6,11H,7-8,13H2,1-2H3/t11-/m0/s1. The van der Waals surface area contributed by atoms with Crippen LogP contribution in [0.25, 0.3) is 0 Å². The highest BCUT2D eigenvalue weighted by Gasteiger charge is 2.12. The Morgan fingerprint density at radius 1 is 1.29 bits per heavy atom. The molecule has 2 N–H and O–H groups in total. The third-order valence-corrected chi connectivity index (χ3v) is 2.57. The molecule has 0 aliphatic heterocycles. The Morgan fingerprint density at radius 3 is 2.29 bits per heavy atom. The van der Waals surface area contributed by atoms with E-state index in [-0.39, 0.29) is 0 Å². The maximum atomic E-state index is 5.83. The predicted molar refractivity (Wildman–Crippen MR) is 61.6 cm³/mol. The number of nitrogens with zero attached hydrogens (tertiary/aromatic N) is 1. The normalized spacial score (nSPS) is 13.2. The summed E-state index contributed by atoms with van der Waals surface area (Å²) < 4.78 is 0. The first-order valence-electron chi connectivity index (χ1n) is 4.77. The number of rotatable bonds is 4. The van der Waals surface area contributed by atoms with E-state index in [1.807, 2.05) is 12.1 Å². The fraction of sp³-hybridized carbons (Fsp3) is 0.455. The maximum Gasteiger partial charge on any atom is 0.0406 e. The van der Waals surface area contributed by atoms with Crippen molar-refractivity contribution in [2.75, 3.05) is 20.6 Å². The molecule has 0 fully saturated rings. The van der Waals surface area contributed by atoms with E-state index in [0.29, 0.717) is 12.6 Å². The van der Waals surface area contributed by atoms with E-state index in [1.165, 1.54) is 5.56 Å². The van der Waals surface area contributed by atoms with Gasteiger partial charge in [-0.3, -0.25) is 0 Å². The first kappa shape index (κ1) is 11.5. The molecule has 14 heavy (non-hydrogen) atoms. The summed E-state index contributed by atoms with van der Waals surface area (Å²) in [5.41, 5.74) is 6.85. The maximum absolute atomic E-state index is 5.83. The molecule has 78 valence electrons. The number of hydrogen-bond acceptors (Lipinski definition) is 2. The van der Waals surface area contributed by atoms with Crippen molar-refractivity contribution in [2.24, 2.45) is 5.73 Å². The summed E-state index contributed by atoms with van der Waals surface area (Å²) in [6.45, 7) is 0.700. The van der Waals surface area contributed by atoms with Crippen LogP contribution >= 0.6 is 11.6 Å². The number of benzene rings is 1. The zero-order valence-electron chi connectivity index (χ0n) is 8.70. The second kappa shape index (κ2) is 5.35. The summed E-state index contributed by atoms with van der Waals surface area (Å²) in [4.78, 5) is 2.18. The van der Waals surface area contributed by atoms with Crippen LogP contribution in [0.4, 0.5) is 0 Å². The van der Waals surface area contributed by atoms with E-state index in [0.717, 1.165) is 11.4 Å². The van der Waals surface area contributed by atoms with Crippen molar-refractivity contribution in [1.29, 1.82) is 0 Å². The first-order chi connectivity index (χ1) is 6.65. The lowest BCUT2D eigenvalue weighted by atomic mass is 10.0. The van der Waals surface area contributed by atoms with Crippen molar-refractivity contribution in [1.82, 2.24) is 4.90 Å². The average Bonchev–Trinajstić information content (AvgIpc) is 2.15. The van der Waals surface area contributed by atoms with Gasteiger partial charge in [-0.1, -0.05) is 23.7 Å². The highest BCUT2D eigenvalue weighted by Crippen LogP contribution is 2.22. The Kier molecular flexibility index (Phi) is 4.39. The van der Waals surface area contributed by atoms with Gasteiger partial charge in [0.2, 0.25) is 0 Å². The Morgan fingerprint density at radius 2 is 1.86 bits per heavy atom. The van der Waals surface area contributed by atoms with Gasteiger partial charge in [0.1, 0.15) is 0 Å². The number of halogens is 1. The van der Waals surface area contributed by atoms with Gasteiger partial charge < -0.3 is 10.6 Å². The van der Waals surface area contributed by atoms with Crippen LogP contribution in [0.3, 0.4) is 0 Å².